The monoisotopic (exact) mass is 378 g/mol. The number of hydrogen-bond acceptors (Lipinski definition) is 7. The summed E-state index contributed by atoms with van der Waals surface area (Å²) >= 11 is 0. The number of fused-ring (bicyclic) bond motifs is 1. The molecule has 9 heteroatoms. The molecule has 8 nitrogen and oxygen atoms in total. The fourth-order valence-electron chi connectivity index (χ4n) is 3.48. The van der Waals surface area contributed by atoms with Crippen molar-refractivity contribution < 1.29 is 17.6 Å². The van der Waals surface area contributed by atoms with Crippen molar-refractivity contribution in [1.82, 2.24) is 14.5 Å². The number of ether oxygens (including phenoxy) is 1. The molecular weight excluding hydrogens is 356 g/mol. The number of morpholine rings is 1. The summed E-state index contributed by atoms with van der Waals surface area (Å²) in [5.74, 6) is 0.744. The van der Waals surface area contributed by atoms with Crippen molar-refractivity contribution in [1.29, 1.82) is 0 Å². The number of benzene rings is 1. The maximum absolute atomic E-state index is 13.1. The van der Waals surface area contributed by atoms with Gasteiger partial charge in [-0.1, -0.05) is 6.07 Å². The molecule has 0 saturated carbocycles. The van der Waals surface area contributed by atoms with Crippen LogP contribution in [0.25, 0.3) is 0 Å². The number of nitrogens with zero attached hydrogens (tertiary/aromatic N) is 4. The minimum absolute atomic E-state index is 0.164. The van der Waals surface area contributed by atoms with E-state index in [2.05, 4.69) is 15.1 Å². The molecular formula is C17H22N4O4S. The lowest BCUT2D eigenvalue weighted by molar-refractivity contribution is -0.0176. The lowest BCUT2D eigenvalue weighted by Gasteiger charge is -2.32. The molecule has 1 aromatic carbocycles. The van der Waals surface area contributed by atoms with Gasteiger partial charge in [-0.3, -0.25) is 0 Å². The topological polar surface area (TPSA) is 88.8 Å². The molecule has 140 valence electrons. The van der Waals surface area contributed by atoms with Crippen molar-refractivity contribution >= 4 is 15.7 Å². The van der Waals surface area contributed by atoms with Crippen molar-refractivity contribution in [2.75, 3.05) is 38.2 Å². The van der Waals surface area contributed by atoms with E-state index in [-0.39, 0.29) is 13.2 Å². The molecule has 26 heavy (non-hydrogen) atoms. The number of rotatable bonds is 3. The maximum atomic E-state index is 13.1. The Morgan fingerprint density at radius 3 is 2.85 bits per heavy atom. The van der Waals surface area contributed by atoms with E-state index in [1.54, 1.807) is 19.1 Å². The van der Waals surface area contributed by atoms with Crippen molar-refractivity contribution in [2.45, 2.75) is 30.8 Å². The molecule has 0 radical (unpaired) electrons. The van der Waals surface area contributed by atoms with E-state index in [0.717, 1.165) is 25.1 Å². The van der Waals surface area contributed by atoms with E-state index < -0.39 is 16.1 Å². The zero-order valence-electron chi connectivity index (χ0n) is 14.9. The Morgan fingerprint density at radius 2 is 2.08 bits per heavy atom. The van der Waals surface area contributed by atoms with Gasteiger partial charge in [0.05, 0.1) is 11.5 Å². The van der Waals surface area contributed by atoms with Gasteiger partial charge in [-0.15, -0.1) is 10.2 Å². The lowest BCUT2D eigenvalue weighted by atomic mass is 10.0. The van der Waals surface area contributed by atoms with Crippen molar-refractivity contribution in [3.63, 3.8) is 0 Å². The van der Waals surface area contributed by atoms with E-state index in [1.807, 2.05) is 13.1 Å². The molecule has 0 bridgehead atoms. The first-order valence-corrected chi connectivity index (χ1v) is 10.1. The Balaban J connectivity index is 1.61. The number of hydrogen-bond donors (Lipinski definition) is 0. The van der Waals surface area contributed by atoms with Gasteiger partial charge in [0.1, 0.15) is 6.10 Å². The van der Waals surface area contributed by atoms with Gasteiger partial charge < -0.3 is 14.1 Å². The number of aromatic nitrogens is 2. The minimum Gasteiger partial charge on any atom is -0.423 e. The highest BCUT2D eigenvalue weighted by Crippen LogP contribution is 2.31. The molecule has 2 aliphatic rings. The summed E-state index contributed by atoms with van der Waals surface area (Å²) in [6.45, 7) is 3.38. The highest BCUT2D eigenvalue weighted by atomic mass is 32.2. The number of sulfonamides is 1. The molecule has 1 saturated heterocycles. The molecule has 0 aliphatic carbocycles. The summed E-state index contributed by atoms with van der Waals surface area (Å²) in [6, 6.07) is 5.41. The van der Waals surface area contributed by atoms with Gasteiger partial charge in [-0.25, -0.2) is 8.42 Å². The van der Waals surface area contributed by atoms with Gasteiger partial charge >= 0.3 is 0 Å². The Hall–Kier alpha value is -1.97. The van der Waals surface area contributed by atoms with Gasteiger partial charge in [0.15, 0.2) is 0 Å². The zero-order valence-corrected chi connectivity index (χ0v) is 15.7. The Morgan fingerprint density at radius 1 is 1.23 bits per heavy atom. The predicted molar refractivity (Wildman–Crippen MR) is 94.5 cm³/mol. The third-order valence-electron chi connectivity index (χ3n) is 4.89. The smallest absolute Gasteiger partial charge is 0.246 e. The van der Waals surface area contributed by atoms with E-state index in [4.69, 9.17) is 9.15 Å². The van der Waals surface area contributed by atoms with Crippen LogP contribution in [0.1, 0.15) is 29.9 Å². The second kappa shape index (κ2) is 6.64. The Bertz CT molecular complexity index is 911. The van der Waals surface area contributed by atoms with Crippen LogP contribution in [0, 0.1) is 6.92 Å². The molecule has 2 aromatic rings. The molecule has 3 heterocycles. The fourth-order valence-corrected chi connectivity index (χ4v) is 4.93. The van der Waals surface area contributed by atoms with Crippen LogP contribution in [-0.4, -0.2) is 56.2 Å². The van der Waals surface area contributed by atoms with Crippen molar-refractivity contribution in [3.05, 3.63) is 35.5 Å². The van der Waals surface area contributed by atoms with Crippen molar-refractivity contribution in [3.8, 4) is 0 Å². The van der Waals surface area contributed by atoms with Crippen LogP contribution in [0.3, 0.4) is 0 Å². The molecule has 0 spiro atoms. The zero-order chi connectivity index (χ0) is 18.3. The van der Waals surface area contributed by atoms with E-state index >= 15 is 0 Å². The minimum atomic E-state index is -3.62. The quantitative estimate of drug-likeness (QED) is 0.800. The highest BCUT2D eigenvalue weighted by Gasteiger charge is 2.34. The van der Waals surface area contributed by atoms with Crippen LogP contribution >= 0.6 is 0 Å². The van der Waals surface area contributed by atoms with Gasteiger partial charge in [0, 0.05) is 39.3 Å². The molecule has 0 unspecified atom stereocenters. The van der Waals surface area contributed by atoms with Gasteiger partial charge in [0.25, 0.3) is 0 Å². The molecule has 1 atom stereocenters. The van der Waals surface area contributed by atoms with E-state index in [9.17, 15) is 8.42 Å². The van der Waals surface area contributed by atoms with Crippen LogP contribution < -0.4 is 4.90 Å². The highest BCUT2D eigenvalue weighted by molar-refractivity contribution is 7.89. The molecule has 2 aliphatic heterocycles. The largest absolute Gasteiger partial charge is 0.423 e. The third-order valence-corrected chi connectivity index (χ3v) is 6.75. The molecule has 1 fully saturated rings. The average Bonchev–Trinajstić information content (AvgIpc) is 3.08. The molecule has 1 aromatic heterocycles. The van der Waals surface area contributed by atoms with Gasteiger partial charge in [-0.05, 0) is 30.5 Å². The van der Waals surface area contributed by atoms with Crippen LogP contribution in [0.4, 0.5) is 5.69 Å². The SMILES string of the molecule is Cc1nnc([C@@H]2CN(S(=O)(=O)c3ccc4c(c3)N(C)CCC4)CCO2)o1. The second-order valence-electron chi connectivity index (χ2n) is 6.70. The number of anilines is 1. The fraction of sp³-hybridized carbons (Fsp3) is 0.529. The summed E-state index contributed by atoms with van der Waals surface area (Å²) in [5.41, 5.74) is 2.19. The summed E-state index contributed by atoms with van der Waals surface area (Å²) in [4.78, 5) is 2.42. The third kappa shape index (κ3) is 3.10. The van der Waals surface area contributed by atoms with E-state index in [0.29, 0.717) is 23.2 Å². The first-order chi connectivity index (χ1) is 12.4. The van der Waals surface area contributed by atoms with Crippen molar-refractivity contribution in [2.24, 2.45) is 0 Å². The molecule has 0 N–H and O–H groups in total. The Kier molecular flexibility index (Phi) is 4.45. The second-order valence-corrected chi connectivity index (χ2v) is 8.64. The lowest BCUT2D eigenvalue weighted by Crippen LogP contribution is -2.42. The van der Waals surface area contributed by atoms with Crippen LogP contribution in [-0.2, 0) is 21.2 Å². The maximum Gasteiger partial charge on any atom is 0.246 e. The summed E-state index contributed by atoms with van der Waals surface area (Å²) < 4.78 is 38.8. The normalized spacial score (nSPS) is 21.6. The summed E-state index contributed by atoms with van der Waals surface area (Å²) in [5, 5.41) is 7.75. The predicted octanol–water partition coefficient (Wildman–Crippen LogP) is 1.52. The standard InChI is InChI=1S/C17H22N4O4S/c1-12-18-19-17(25-12)16-11-21(8-9-24-16)26(22,23)14-6-5-13-4-3-7-20(2)15(13)10-14/h5-6,10,16H,3-4,7-9,11H2,1-2H3/t16-/m0/s1. The molecule has 0 amide bonds. The summed E-state index contributed by atoms with van der Waals surface area (Å²) in [7, 11) is -1.62. The number of aryl methyl sites for hydroxylation is 2. The first-order valence-electron chi connectivity index (χ1n) is 8.71. The van der Waals surface area contributed by atoms with Gasteiger partial charge in [0.2, 0.25) is 21.8 Å². The van der Waals surface area contributed by atoms with Gasteiger partial charge in [-0.2, -0.15) is 4.31 Å². The van der Waals surface area contributed by atoms with Crippen LogP contribution in [0.5, 0.6) is 0 Å². The van der Waals surface area contributed by atoms with Crippen LogP contribution in [0.2, 0.25) is 0 Å². The Labute approximate surface area is 152 Å². The first kappa shape index (κ1) is 17.4. The van der Waals surface area contributed by atoms with E-state index in [1.165, 1.54) is 9.87 Å². The average molecular weight is 378 g/mol. The van der Waals surface area contributed by atoms with Crippen LogP contribution in [0.15, 0.2) is 27.5 Å². The molecule has 4 rings (SSSR count). The summed E-state index contributed by atoms with van der Waals surface area (Å²) in [6.07, 6.45) is 1.53.